The maximum absolute atomic E-state index is 13.5. The van der Waals surface area contributed by atoms with E-state index >= 15 is 0 Å². The molecule has 1 aromatic heterocycles. The highest BCUT2D eigenvalue weighted by Gasteiger charge is 2.35. The second kappa shape index (κ2) is 11.3. The normalized spacial score (nSPS) is 12.1. The minimum Gasteiger partial charge on any atom is -0.588 e. The Kier molecular flexibility index (Phi) is 8.64. The quantitative estimate of drug-likeness (QED) is 0.246. The Bertz CT molecular complexity index is 1340. The summed E-state index contributed by atoms with van der Waals surface area (Å²) in [7, 11) is 1.21. The Morgan fingerprint density at radius 1 is 1.19 bits per heavy atom. The summed E-state index contributed by atoms with van der Waals surface area (Å²) in [5, 5.41) is 10.6. The van der Waals surface area contributed by atoms with E-state index in [4.69, 9.17) is 21.4 Å². The predicted molar refractivity (Wildman–Crippen MR) is 126 cm³/mol. The molecule has 0 aliphatic carbocycles. The lowest BCUT2D eigenvalue weighted by atomic mass is 10.1. The Labute approximate surface area is 216 Å². The Morgan fingerprint density at radius 3 is 2.51 bits per heavy atom. The van der Waals surface area contributed by atoms with Gasteiger partial charge in [-0.15, -0.1) is 0 Å². The molecule has 0 fully saturated rings. The number of rotatable bonds is 7. The zero-order valence-corrected chi connectivity index (χ0v) is 20.7. The third-order valence-electron chi connectivity index (χ3n) is 4.87. The average molecular weight is 560 g/mol. The number of carbonyl (C=O) groups is 2. The molecule has 1 heterocycles. The highest BCUT2D eigenvalue weighted by atomic mass is 35.5. The van der Waals surface area contributed by atoms with Crippen LogP contribution in [0.3, 0.4) is 0 Å². The number of hydrogen-bond donors (Lipinski definition) is 2. The van der Waals surface area contributed by atoms with Crippen molar-refractivity contribution in [2.75, 3.05) is 19.0 Å². The van der Waals surface area contributed by atoms with Gasteiger partial charge in [-0.05, 0) is 43.3 Å². The van der Waals surface area contributed by atoms with Crippen LogP contribution in [0.2, 0.25) is 5.02 Å². The van der Waals surface area contributed by atoms with Gasteiger partial charge in [-0.25, -0.2) is 4.98 Å². The Morgan fingerprint density at radius 2 is 1.89 bits per heavy atom. The van der Waals surface area contributed by atoms with E-state index in [1.807, 2.05) is 0 Å². The van der Waals surface area contributed by atoms with Crippen molar-refractivity contribution in [3.8, 4) is 11.5 Å². The van der Waals surface area contributed by atoms with Crippen LogP contribution < -0.4 is 10.1 Å². The number of hydrogen-bond acceptors (Lipinski definition) is 6. The van der Waals surface area contributed by atoms with Gasteiger partial charge in [-0.2, -0.15) is 21.9 Å². The molecule has 2 N–H and O–H groups in total. The molecule has 2 aromatic carbocycles. The van der Waals surface area contributed by atoms with Crippen LogP contribution >= 0.6 is 11.6 Å². The summed E-state index contributed by atoms with van der Waals surface area (Å²) in [5.74, 6) is -3.20. The number of benzene rings is 2. The second-order valence-electron chi connectivity index (χ2n) is 7.43. The number of alkyl halides is 3. The van der Waals surface area contributed by atoms with Crippen LogP contribution in [-0.2, 0) is 22.3 Å². The van der Waals surface area contributed by atoms with E-state index in [0.717, 1.165) is 22.5 Å². The fourth-order valence-electron chi connectivity index (χ4n) is 3.01. The number of halogens is 5. The van der Waals surface area contributed by atoms with Crippen LogP contribution in [0, 0.1) is 12.9 Å². The minimum absolute atomic E-state index is 0.0200. The molecule has 0 unspecified atom stereocenters. The number of anilines is 1. The number of carbonyl (C=O) groups excluding carboxylic acids is 2. The number of aliphatic hydroxyl groups is 1. The van der Waals surface area contributed by atoms with E-state index in [-0.39, 0.29) is 27.6 Å². The molecule has 0 radical (unpaired) electrons. The lowest BCUT2D eigenvalue weighted by Gasteiger charge is -2.19. The predicted octanol–water partition coefficient (Wildman–Crippen LogP) is 4.72. The maximum atomic E-state index is 13.5. The zero-order valence-electron chi connectivity index (χ0n) is 19.1. The number of pyridine rings is 1. The number of ether oxygens (including phenoxy) is 1. The maximum Gasteiger partial charge on any atom is 0.417 e. The average Bonchev–Trinajstić information content (AvgIpc) is 2.84. The van der Waals surface area contributed by atoms with Crippen molar-refractivity contribution in [2.24, 2.45) is 0 Å². The summed E-state index contributed by atoms with van der Waals surface area (Å²) in [6.07, 6.45) is -4.86. The summed E-state index contributed by atoms with van der Waals surface area (Å²) >= 11 is 3.80. The van der Waals surface area contributed by atoms with Crippen LogP contribution in [0.4, 0.5) is 23.2 Å². The SMILES string of the molecule is Cc1nc(F)ccc1Oc1cc(C(F)(F)F)c(Cl)cc1C(=O)Nc1cccc([S@@+]([O-])N(C)C(=O)CO)c1. The van der Waals surface area contributed by atoms with Crippen molar-refractivity contribution in [1.29, 1.82) is 0 Å². The van der Waals surface area contributed by atoms with Crippen molar-refractivity contribution < 1.29 is 41.5 Å². The fourth-order valence-corrected chi connectivity index (χ4v) is 4.26. The third-order valence-corrected chi connectivity index (χ3v) is 6.54. The number of aromatic nitrogens is 1. The topological polar surface area (TPSA) is 115 Å². The number of nitrogens with one attached hydrogen (secondary N) is 1. The van der Waals surface area contributed by atoms with Crippen molar-refractivity contribution >= 4 is 40.5 Å². The van der Waals surface area contributed by atoms with Crippen molar-refractivity contribution in [3.63, 3.8) is 0 Å². The first-order chi connectivity index (χ1) is 17.3. The molecule has 3 aromatic rings. The molecule has 1 atom stereocenters. The lowest BCUT2D eigenvalue weighted by Crippen LogP contribution is -2.35. The fraction of sp³-hybridized carbons (Fsp3) is 0.174. The standard InChI is InChI=1S/C23H18ClF4N3O5S/c1-12-18(6-7-20(25)29-12)36-19-10-16(23(26,27)28)17(24)9-15(19)22(34)30-13-4-3-5-14(8-13)37(35)31(2)21(33)11-32/h3-10,32H,11H2,1-2H3,(H,30,34)/t37-/m1/s1. The van der Waals surface area contributed by atoms with Crippen molar-refractivity contribution in [2.45, 2.75) is 18.0 Å². The van der Waals surface area contributed by atoms with E-state index in [2.05, 4.69) is 10.3 Å². The van der Waals surface area contributed by atoms with Crippen molar-refractivity contribution in [3.05, 3.63) is 76.3 Å². The summed E-state index contributed by atoms with van der Waals surface area (Å²) in [5.41, 5.74) is -1.54. The van der Waals surface area contributed by atoms with Gasteiger partial charge in [0.2, 0.25) is 5.95 Å². The molecular formula is C23H18ClF4N3O5S. The number of amides is 2. The van der Waals surface area contributed by atoms with Gasteiger partial charge in [0, 0.05) is 11.8 Å². The molecule has 0 aliphatic heterocycles. The largest absolute Gasteiger partial charge is 0.588 e. The highest BCUT2D eigenvalue weighted by Crippen LogP contribution is 2.40. The molecule has 0 aliphatic rings. The van der Waals surface area contributed by atoms with Gasteiger partial charge in [-0.1, -0.05) is 17.7 Å². The van der Waals surface area contributed by atoms with Crippen molar-refractivity contribution in [1.82, 2.24) is 9.29 Å². The Hall–Kier alpha value is -3.39. The van der Waals surface area contributed by atoms with Gasteiger partial charge < -0.3 is 19.7 Å². The van der Waals surface area contributed by atoms with Crippen LogP contribution in [0.1, 0.15) is 21.6 Å². The van der Waals surface area contributed by atoms with E-state index in [0.29, 0.717) is 6.07 Å². The van der Waals surface area contributed by atoms with Crippen LogP contribution in [-0.4, -0.2) is 44.4 Å². The van der Waals surface area contributed by atoms with E-state index < -0.39 is 58.2 Å². The first-order valence-electron chi connectivity index (χ1n) is 10.2. The molecule has 37 heavy (non-hydrogen) atoms. The molecule has 0 saturated carbocycles. The first kappa shape index (κ1) is 28.2. The number of aryl methyl sites for hydroxylation is 1. The molecule has 0 spiro atoms. The van der Waals surface area contributed by atoms with E-state index in [1.165, 1.54) is 38.2 Å². The van der Waals surface area contributed by atoms with Gasteiger partial charge in [0.25, 0.3) is 11.8 Å². The van der Waals surface area contributed by atoms with E-state index in [1.54, 1.807) is 0 Å². The smallest absolute Gasteiger partial charge is 0.417 e. The zero-order chi connectivity index (χ0) is 27.5. The summed E-state index contributed by atoms with van der Waals surface area (Å²) in [6, 6.07) is 8.91. The van der Waals surface area contributed by atoms with Gasteiger partial charge >= 0.3 is 6.18 Å². The molecule has 2 amide bonds. The van der Waals surface area contributed by atoms with Crippen LogP contribution in [0.5, 0.6) is 11.5 Å². The van der Waals surface area contributed by atoms with Crippen LogP contribution in [0.25, 0.3) is 0 Å². The molecule has 196 valence electrons. The number of likely N-dealkylation sites (N-methyl/N-ethyl adjacent to an activating group) is 1. The summed E-state index contributed by atoms with van der Waals surface area (Å²) < 4.78 is 72.6. The van der Waals surface area contributed by atoms with Crippen LogP contribution in [0.15, 0.2) is 53.4 Å². The minimum atomic E-state index is -4.86. The summed E-state index contributed by atoms with van der Waals surface area (Å²) in [6.45, 7) is 0.502. The molecule has 14 heteroatoms. The second-order valence-corrected chi connectivity index (χ2v) is 9.35. The molecular weight excluding hydrogens is 542 g/mol. The van der Waals surface area contributed by atoms with Gasteiger partial charge in [-0.3, -0.25) is 9.59 Å². The van der Waals surface area contributed by atoms with Gasteiger partial charge in [0.1, 0.15) is 29.5 Å². The molecule has 8 nitrogen and oxygen atoms in total. The number of aliphatic hydroxyl groups excluding tert-OH is 1. The van der Waals surface area contributed by atoms with E-state index in [9.17, 15) is 31.7 Å². The lowest BCUT2D eigenvalue weighted by molar-refractivity contribution is -0.137. The highest BCUT2D eigenvalue weighted by molar-refractivity contribution is 7.89. The molecule has 0 saturated heterocycles. The number of nitrogens with zero attached hydrogens (tertiary/aromatic N) is 2. The monoisotopic (exact) mass is 559 g/mol. The van der Waals surface area contributed by atoms with Gasteiger partial charge in [0.05, 0.1) is 28.9 Å². The Balaban J connectivity index is 1.98. The first-order valence-corrected chi connectivity index (χ1v) is 11.7. The summed E-state index contributed by atoms with van der Waals surface area (Å²) in [4.78, 5) is 28.3. The van der Waals surface area contributed by atoms with Gasteiger partial charge in [0.15, 0.2) is 4.90 Å². The molecule has 3 rings (SSSR count). The third kappa shape index (κ3) is 6.68. The molecule has 0 bridgehead atoms.